The standard InChI is InChI=1S/C13H6BrClF2O2/c14-8-2-4-10(16)11(12(8)17)7-5-6(13(18)19)1-3-9(7)15/h1-5H,(H,18,19). The van der Waals surface area contributed by atoms with Gasteiger partial charge in [-0.1, -0.05) is 11.6 Å². The van der Waals surface area contributed by atoms with E-state index in [1.807, 2.05) is 0 Å². The highest BCUT2D eigenvalue weighted by atomic mass is 79.9. The number of carboxylic acid groups (broad SMARTS) is 1. The molecule has 0 aliphatic carbocycles. The molecule has 1 N–H and O–H groups in total. The Kier molecular flexibility index (Phi) is 3.87. The average molecular weight is 348 g/mol. The van der Waals surface area contributed by atoms with Crippen molar-refractivity contribution < 1.29 is 18.7 Å². The van der Waals surface area contributed by atoms with Crippen molar-refractivity contribution in [1.29, 1.82) is 0 Å². The van der Waals surface area contributed by atoms with Gasteiger partial charge in [0.1, 0.15) is 11.6 Å². The van der Waals surface area contributed by atoms with Crippen LogP contribution in [0.3, 0.4) is 0 Å². The lowest BCUT2D eigenvalue weighted by atomic mass is 10.0. The zero-order valence-corrected chi connectivity index (χ0v) is 11.6. The molecule has 0 bridgehead atoms. The Hall–Kier alpha value is -1.46. The molecule has 0 aliphatic rings. The normalized spacial score (nSPS) is 10.5. The molecule has 0 amide bonds. The van der Waals surface area contributed by atoms with Gasteiger partial charge in [-0.25, -0.2) is 13.6 Å². The second-order valence-electron chi connectivity index (χ2n) is 3.72. The van der Waals surface area contributed by atoms with Gasteiger partial charge in [0.2, 0.25) is 0 Å². The van der Waals surface area contributed by atoms with Gasteiger partial charge in [0.15, 0.2) is 0 Å². The van der Waals surface area contributed by atoms with Gasteiger partial charge >= 0.3 is 5.97 Å². The molecule has 0 radical (unpaired) electrons. The van der Waals surface area contributed by atoms with Gasteiger partial charge in [-0.15, -0.1) is 0 Å². The van der Waals surface area contributed by atoms with Gasteiger partial charge in [0, 0.05) is 10.6 Å². The first-order chi connectivity index (χ1) is 8.91. The molecule has 0 saturated heterocycles. The van der Waals surface area contributed by atoms with E-state index in [0.717, 1.165) is 12.1 Å². The molecule has 2 rings (SSSR count). The smallest absolute Gasteiger partial charge is 0.335 e. The van der Waals surface area contributed by atoms with E-state index >= 15 is 0 Å². The van der Waals surface area contributed by atoms with Gasteiger partial charge in [-0.3, -0.25) is 0 Å². The zero-order valence-electron chi connectivity index (χ0n) is 9.25. The molecule has 98 valence electrons. The van der Waals surface area contributed by atoms with Gasteiger partial charge < -0.3 is 5.11 Å². The monoisotopic (exact) mass is 346 g/mol. The second kappa shape index (κ2) is 5.27. The topological polar surface area (TPSA) is 37.3 Å². The average Bonchev–Trinajstić information content (AvgIpc) is 2.36. The summed E-state index contributed by atoms with van der Waals surface area (Å²) in [5, 5.41) is 8.97. The Morgan fingerprint density at radius 2 is 1.89 bits per heavy atom. The maximum Gasteiger partial charge on any atom is 0.335 e. The quantitative estimate of drug-likeness (QED) is 0.796. The molecule has 2 nitrogen and oxygen atoms in total. The summed E-state index contributed by atoms with van der Waals surface area (Å²) in [7, 11) is 0. The first-order valence-electron chi connectivity index (χ1n) is 5.08. The number of carboxylic acids is 1. The summed E-state index contributed by atoms with van der Waals surface area (Å²) in [6.07, 6.45) is 0. The van der Waals surface area contributed by atoms with Crippen LogP contribution in [0.15, 0.2) is 34.8 Å². The van der Waals surface area contributed by atoms with Crippen LogP contribution in [-0.4, -0.2) is 11.1 Å². The Labute approximate surface area is 120 Å². The molecule has 0 saturated carbocycles. The Morgan fingerprint density at radius 3 is 2.53 bits per heavy atom. The summed E-state index contributed by atoms with van der Waals surface area (Å²) in [5.41, 5.74) is -0.460. The molecule has 0 atom stereocenters. The van der Waals surface area contributed by atoms with Crippen LogP contribution in [0.2, 0.25) is 5.02 Å². The van der Waals surface area contributed by atoms with Crippen LogP contribution >= 0.6 is 27.5 Å². The molecular formula is C13H6BrClF2O2. The van der Waals surface area contributed by atoms with Crippen LogP contribution < -0.4 is 0 Å². The van der Waals surface area contributed by atoms with E-state index in [-0.39, 0.29) is 26.2 Å². The van der Waals surface area contributed by atoms with Crippen molar-refractivity contribution >= 4 is 33.5 Å². The number of benzene rings is 2. The fourth-order valence-corrected chi connectivity index (χ4v) is 2.17. The first-order valence-corrected chi connectivity index (χ1v) is 6.25. The fraction of sp³-hybridized carbons (Fsp3) is 0. The molecule has 0 fully saturated rings. The maximum absolute atomic E-state index is 14.0. The molecule has 0 unspecified atom stereocenters. The summed E-state index contributed by atoms with van der Waals surface area (Å²) in [6, 6.07) is 6.00. The van der Waals surface area contributed by atoms with Crippen molar-refractivity contribution in [2.24, 2.45) is 0 Å². The van der Waals surface area contributed by atoms with E-state index in [1.165, 1.54) is 18.2 Å². The molecule has 0 heterocycles. The lowest BCUT2D eigenvalue weighted by Gasteiger charge is -2.09. The molecule has 0 spiro atoms. The van der Waals surface area contributed by atoms with Crippen molar-refractivity contribution in [2.45, 2.75) is 0 Å². The van der Waals surface area contributed by atoms with Gasteiger partial charge in [-0.05, 0) is 46.3 Å². The number of hydrogen-bond acceptors (Lipinski definition) is 1. The van der Waals surface area contributed by atoms with Gasteiger partial charge in [0.25, 0.3) is 0 Å². The van der Waals surface area contributed by atoms with Crippen LogP contribution in [0.5, 0.6) is 0 Å². The summed E-state index contributed by atoms with van der Waals surface area (Å²) >= 11 is 8.84. The minimum absolute atomic E-state index is 0.00198. The second-order valence-corrected chi connectivity index (χ2v) is 4.98. The van der Waals surface area contributed by atoms with E-state index in [2.05, 4.69) is 15.9 Å². The summed E-state index contributed by atoms with van der Waals surface area (Å²) < 4.78 is 27.8. The largest absolute Gasteiger partial charge is 0.478 e. The highest BCUT2D eigenvalue weighted by Crippen LogP contribution is 2.35. The van der Waals surface area contributed by atoms with Crippen LogP contribution in [-0.2, 0) is 0 Å². The van der Waals surface area contributed by atoms with Crippen molar-refractivity contribution in [3.8, 4) is 11.1 Å². The third-order valence-corrected chi connectivity index (χ3v) is 3.47. The molecule has 0 aliphatic heterocycles. The van der Waals surface area contributed by atoms with E-state index in [1.54, 1.807) is 0 Å². The molecule has 2 aromatic rings. The summed E-state index contributed by atoms with van der Waals surface area (Å²) in [6.45, 7) is 0. The molecule has 6 heteroatoms. The SMILES string of the molecule is O=C(O)c1ccc(Cl)c(-c2c(F)ccc(Br)c2F)c1. The minimum atomic E-state index is -1.20. The predicted molar refractivity (Wildman–Crippen MR) is 71.5 cm³/mol. The van der Waals surface area contributed by atoms with E-state index < -0.39 is 17.6 Å². The highest BCUT2D eigenvalue weighted by Gasteiger charge is 2.18. The van der Waals surface area contributed by atoms with Gasteiger partial charge in [-0.2, -0.15) is 0 Å². The van der Waals surface area contributed by atoms with Crippen LogP contribution in [0.25, 0.3) is 11.1 Å². The number of halogens is 4. The number of hydrogen-bond donors (Lipinski definition) is 1. The fourth-order valence-electron chi connectivity index (χ4n) is 1.62. The maximum atomic E-state index is 14.0. The van der Waals surface area contributed by atoms with Crippen molar-refractivity contribution in [2.75, 3.05) is 0 Å². The van der Waals surface area contributed by atoms with E-state index in [0.29, 0.717) is 0 Å². The molecule has 19 heavy (non-hydrogen) atoms. The lowest BCUT2D eigenvalue weighted by Crippen LogP contribution is -1.98. The third-order valence-electron chi connectivity index (χ3n) is 2.53. The van der Waals surface area contributed by atoms with Crippen molar-refractivity contribution in [1.82, 2.24) is 0 Å². The Morgan fingerprint density at radius 1 is 1.21 bits per heavy atom. The van der Waals surface area contributed by atoms with E-state index in [9.17, 15) is 13.6 Å². The predicted octanol–water partition coefficient (Wildman–Crippen LogP) is 4.75. The summed E-state index contributed by atoms with van der Waals surface area (Å²) in [5.74, 6) is -2.84. The highest BCUT2D eigenvalue weighted by molar-refractivity contribution is 9.10. The van der Waals surface area contributed by atoms with Gasteiger partial charge in [0.05, 0.1) is 15.6 Å². The number of carbonyl (C=O) groups is 1. The van der Waals surface area contributed by atoms with Crippen molar-refractivity contribution in [3.63, 3.8) is 0 Å². The summed E-state index contributed by atoms with van der Waals surface area (Å²) in [4.78, 5) is 10.9. The molecule has 2 aromatic carbocycles. The number of aromatic carboxylic acids is 1. The van der Waals surface area contributed by atoms with Crippen LogP contribution in [0.4, 0.5) is 8.78 Å². The lowest BCUT2D eigenvalue weighted by molar-refractivity contribution is 0.0697. The Bertz CT molecular complexity index is 674. The molecule has 0 aromatic heterocycles. The van der Waals surface area contributed by atoms with Crippen molar-refractivity contribution in [3.05, 3.63) is 57.0 Å². The number of rotatable bonds is 2. The minimum Gasteiger partial charge on any atom is -0.478 e. The zero-order chi connectivity index (χ0) is 14.2. The third kappa shape index (κ3) is 2.62. The van der Waals surface area contributed by atoms with Crippen LogP contribution in [0, 0.1) is 11.6 Å². The Balaban J connectivity index is 2.75. The first kappa shape index (κ1) is 14.0. The van der Waals surface area contributed by atoms with Crippen LogP contribution in [0.1, 0.15) is 10.4 Å². The molecular weight excluding hydrogens is 341 g/mol. The van der Waals surface area contributed by atoms with E-state index in [4.69, 9.17) is 16.7 Å².